The molecule has 90 valence electrons. The minimum Gasteiger partial charge on any atom is -0.508 e. The Labute approximate surface area is 103 Å². The molecule has 1 N–H and O–H groups in total. The summed E-state index contributed by atoms with van der Waals surface area (Å²) in [5.74, 6) is 5.07. The Hall–Kier alpha value is -0.980. The van der Waals surface area contributed by atoms with Crippen LogP contribution in [0, 0.1) is 23.7 Å². The zero-order valence-electron chi connectivity index (χ0n) is 10.2. The molecule has 1 aromatic carbocycles. The average Bonchev–Trinajstić information content (AvgIpc) is 2.27. The molecule has 5 rings (SSSR count). The van der Waals surface area contributed by atoms with Gasteiger partial charge in [-0.25, -0.2) is 0 Å². The summed E-state index contributed by atoms with van der Waals surface area (Å²) in [6, 6.07) is 8.04. The second-order valence-corrected chi connectivity index (χ2v) is 6.55. The lowest BCUT2D eigenvalue weighted by molar-refractivity contribution is -0.00282. The van der Waals surface area contributed by atoms with Crippen LogP contribution in [-0.2, 0) is 0 Å². The highest BCUT2D eigenvalue weighted by Gasteiger charge is 2.48. The molecule has 4 bridgehead atoms. The lowest BCUT2D eigenvalue weighted by Gasteiger charge is -2.54. The molecule has 0 saturated heterocycles. The number of phenols is 1. The Morgan fingerprint density at radius 2 is 1.53 bits per heavy atom. The molecule has 0 heterocycles. The second-order valence-electron chi connectivity index (χ2n) is 6.55. The summed E-state index contributed by atoms with van der Waals surface area (Å²) in [5, 5.41) is 9.67. The smallest absolute Gasteiger partial charge is 0.115 e. The van der Waals surface area contributed by atoms with Crippen LogP contribution >= 0.6 is 0 Å². The fourth-order valence-electron chi connectivity index (χ4n) is 5.20. The third-order valence-corrected chi connectivity index (χ3v) is 5.48. The first-order chi connectivity index (χ1) is 8.29. The zero-order chi connectivity index (χ0) is 11.4. The fraction of sp³-hybridized carbons (Fsp3) is 0.625. The molecule has 4 saturated carbocycles. The molecule has 1 aromatic rings. The van der Waals surface area contributed by atoms with Crippen molar-refractivity contribution < 1.29 is 5.11 Å². The van der Waals surface area contributed by atoms with E-state index in [0.29, 0.717) is 5.75 Å². The Balaban J connectivity index is 1.70. The molecule has 0 spiro atoms. The van der Waals surface area contributed by atoms with Gasteiger partial charge in [-0.1, -0.05) is 12.1 Å². The van der Waals surface area contributed by atoms with Crippen LogP contribution in [0.5, 0.6) is 5.75 Å². The molecule has 0 aliphatic heterocycles. The molecule has 1 heteroatoms. The van der Waals surface area contributed by atoms with Crippen molar-refractivity contribution in [3.05, 3.63) is 29.8 Å². The molecular weight excluding hydrogens is 208 g/mol. The van der Waals surface area contributed by atoms with E-state index >= 15 is 0 Å². The monoisotopic (exact) mass is 228 g/mol. The first-order valence-electron chi connectivity index (χ1n) is 7.08. The molecule has 0 amide bonds. The van der Waals surface area contributed by atoms with Gasteiger partial charge in [0.25, 0.3) is 0 Å². The average molecular weight is 228 g/mol. The number of hydrogen-bond acceptors (Lipinski definition) is 1. The quantitative estimate of drug-likeness (QED) is 0.772. The Kier molecular flexibility index (Phi) is 2.06. The van der Waals surface area contributed by atoms with Gasteiger partial charge in [-0.3, -0.25) is 0 Å². The first-order valence-corrected chi connectivity index (χ1v) is 7.08. The third-order valence-electron chi connectivity index (χ3n) is 5.48. The van der Waals surface area contributed by atoms with Crippen LogP contribution in [0.15, 0.2) is 24.3 Å². The summed E-state index contributed by atoms with van der Waals surface area (Å²) >= 11 is 0. The van der Waals surface area contributed by atoms with Crippen LogP contribution in [0.1, 0.15) is 43.6 Å². The third kappa shape index (κ3) is 1.51. The van der Waals surface area contributed by atoms with Crippen LogP contribution in [0.2, 0.25) is 0 Å². The minimum absolute atomic E-state index is 0.441. The Morgan fingerprint density at radius 3 is 2.12 bits per heavy atom. The number of rotatable bonds is 1. The second kappa shape index (κ2) is 3.51. The van der Waals surface area contributed by atoms with E-state index in [0.717, 1.165) is 29.6 Å². The van der Waals surface area contributed by atoms with Gasteiger partial charge in [-0.05, 0) is 79.4 Å². The van der Waals surface area contributed by atoms with Crippen molar-refractivity contribution in [3.8, 4) is 5.75 Å². The van der Waals surface area contributed by atoms with Crippen LogP contribution in [-0.4, -0.2) is 5.11 Å². The largest absolute Gasteiger partial charge is 0.508 e. The Bertz CT molecular complexity index is 409. The van der Waals surface area contributed by atoms with Gasteiger partial charge >= 0.3 is 0 Å². The van der Waals surface area contributed by atoms with Gasteiger partial charge in [0.15, 0.2) is 0 Å². The van der Waals surface area contributed by atoms with E-state index in [1.807, 2.05) is 12.1 Å². The van der Waals surface area contributed by atoms with Crippen molar-refractivity contribution in [2.24, 2.45) is 23.7 Å². The lowest BCUT2D eigenvalue weighted by Crippen LogP contribution is -2.43. The standard InChI is InChI=1S/C16H20O/c17-15-3-1-2-12(9-15)16-13-5-10-4-11(7-13)8-14(16)6-10/h1-3,9-11,13-14,16-17H,4-8H2. The highest BCUT2D eigenvalue weighted by Crippen LogP contribution is 2.59. The van der Waals surface area contributed by atoms with Crippen molar-refractivity contribution in [2.45, 2.75) is 38.0 Å². The van der Waals surface area contributed by atoms with Gasteiger partial charge in [-0.2, -0.15) is 0 Å². The van der Waals surface area contributed by atoms with E-state index in [9.17, 15) is 5.11 Å². The summed E-state index contributed by atoms with van der Waals surface area (Å²) in [6.07, 6.45) is 7.32. The molecule has 4 fully saturated rings. The summed E-state index contributed by atoms with van der Waals surface area (Å²) in [5.41, 5.74) is 1.40. The molecule has 4 aliphatic rings. The highest BCUT2D eigenvalue weighted by molar-refractivity contribution is 5.32. The molecular formula is C16H20O. The predicted octanol–water partition coefficient (Wildman–Crippen LogP) is 3.93. The summed E-state index contributed by atoms with van der Waals surface area (Å²) < 4.78 is 0. The van der Waals surface area contributed by atoms with Gasteiger partial charge < -0.3 is 5.11 Å². The zero-order valence-corrected chi connectivity index (χ0v) is 10.2. The van der Waals surface area contributed by atoms with E-state index in [-0.39, 0.29) is 0 Å². The van der Waals surface area contributed by atoms with Gasteiger partial charge in [0.05, 0.1) is 0 Å². The molecule has 1 nitrogen and oxygen atoms in total. The molecule has 0 radical (unpaired) electrons. The summed E-state index contributed by atoms with van der Waals surface area (Å²) in [7, 11) is 0. The molecule has 0 aromatic heterocycles. The van der Waals surface area contributed by atoms with Gasteiger partial charge in [0, 0.05) is 0 Å². The van der Waals surface area contributed by atoms with Crippen molar-refractivity contribution in [1.29, 1.82) is 0 Å². The maximum Gasteiger partial charge on any atom is 0.115 e. The topological polar surface area (TPSA) is 20.2 Å². The van der Waals surface area contributed by atoms with Crippen LogP contribution in [0.4, 0.5) is 0 Å². The van der Waals surface area contributed by atoms with E-state index in [4.69, 9.17) is 0 Å². The van der Waals surface area contributed by atoms with Crippen LogP contribution in [0.3, 0.4) is 0 Å². The van der Waals surface area contributed by atoms with Crippen molar-refractivity contribution in [1.82, 2.24) is 0 Å². The van der Waals surface area contributed by atoms with Gasteiger partial charge in [-0.15, -0.1) is 0 Å². The number of phenolic OH excluding ortho intramolecular Hbond substituents is 1. The van der Waals surface area contributed by atoms with Crippen LogP contribution in [0.25, 0.3) is 0 Å². The van der Waals surface area contributed by atoms with E-state index < -0.39 is 0 Å². The first kappa shape index (κ1) is 9.99. The molecule has 0 unspecified atom stereocenters. The maximum absolute atomic E-state index is 9.67. The molecule has 0 atom stereocenters. The van der Waals surface area contributed by atoms with E-state index in [1.54, 1.807) is 6.07 Å². The number of aromatic hydroxyl groups is 1. The van der Waals surface area contributed by atoms with Crippen molar-refractivity contribution in [3.63, 3.8) is 0 Å². The van der Waals surface area contributed by atoms with Crippen LogP contribution < -0.4 is 0 Å². The lowest BCUT2D eigenvalue weighted by atomic mass is 9.51. The predicted molar refractivity (Wildman–Crippen MR) is 67.9 cm³/mol. The van der Waals surface area contributed by atoms with Crippen molar-refractivity contribution in [2.75, 3.05) is 0 Å². The van der Waals surface area contributed by atoms with E-state index in [1.165, 1.54) is 37.7 Å². The molecule has 4 aliphatic carbocycles. The van der Waals surface area contributed by atoms with E-state index in [2.05, 4.69) is 6.07 Å². The number of benzene rings is 1. The summed E-state index contributed by atoms with van der Waals surface area (Å²) in [6.45, 7) is 0. The maximum atomic E-state index is 9.67. The Morgan fingerprint density at radius 1 is 0.882 bits per heavy atom. The minimum atomic E-state index is 0.441. The number of hydrogen-bond donors (Lipinski definition) is 1. The van der Waals surface area contributed by atoms with Gasteiger partial charge in [0.1, 0.15) is 5.75 Å². The molecule has 17 heavy (non-hydrogen) atoms. The normalized spacial score (nSPS) is 42.9. The van der Waals surface area contributed by atoms with Crippen molar-refractivity contribution >= 4 is 0 Å². The SMILES string of the molecule is Oc1cccc(C2C3CC4CC(C3)CC2C4)c1. The summed E-state index contributed by atoms with van der Waals surface area (Å²) in [4.78, 5) is 0. The highest BCUT2D eigenvalue weighted by atomic mass is 16.3. The fourth-order valence-corrected chi connectivity index (χ4v) is 5.20. The van der Waals surface area contributed by atoms with Gasteiger partial charge in [0.2, 0.25) is 0 Å².